The summed E-state index contributed by atoms with van der Waals surface area (Å²) < 4.78 is 12.3. The maximum atomic E-state index is 13.4. The van der Waals surface area contributed by atoms with Crippen LogP contribution in [0.5, 0.6) is 5.75 Å². The Morgan fingerprint density at radius 1 is 1.12 bits per heavy atom. The standard InChI is InChI=1S/C25H30N4O4/c1-5-33-25(31)20-15-29(17-6-8-18(32-4)9-7-17)22-16(2)23(21(26)14-19(22)24(20)30)28-12-10-27(3)11-13-28/h6-9,14-15H,5,10-13,26H2,1-4H3. The zero-order valence-corrected chi connectivity index (χ0v) is 19.6. The molecule has 0 radical (unpaired) electrons. The van der Waals surface area contributed by atoms with E-state index < -0.39 is 5.97 Å². The first kappa shape index (κ1) is 22.7. The minimum absolute atomic E-state index is 0.0219. The average Bonchev–Trinajstić information content (AvgIpc) is 2.81. The Labute approximate surface area is 193 Å². The molecule has 1 fully saturated rings. The molecule has 0 aliphatic carbocycles. The Kier molecular flexibility index (Phi) is 6.29. The molecule has 2 N–H and O–H groups in total. The molecule has 1 aromatic heterocycles. The average molecular weight is 451 g/mol. The highest BCUT2D eigenvalue weighted by atomic mass is 16.5. The van der Waals surface area contributed by atoms with Gasteiger partial charge >= 0.3 is 5.97 Å². The number of nitrogen functional groups attached to an aromatic ring is 1. The maximum Gasteiger partial charge on any atom is 0.343 e. The topological polar surface area (TPSA) is 90.0 Å². The van der Waals surface area contributed by atoms with Crippen LogP contribution < -0.4 is 20.8 Å². The number of hydrogen-bond acceptors (Lipinski definition) is 7. The number of anilines is 2. The van der Waals surface area contributed by atoms with Gasteiger partial charge in [0, 0.05) is 43.4 Å². The van der Waals surface area contributed by atoms with E-state index in [0.29, 0.717) is 16.8 Å². The number of ether oxygens (including phenoxy) is 2. The number of rotatable bonds is 5. The Hall–Kier alpha value is -3.52. The van der Waals surface area contributed by atoms with Gasteiger partial charge < -0.3 is 29.6 Å². The summed E-state index contributed by atoms with van der Waals surface area (Å²) in [7, 11) is 3.71. The highest BCUT2D eigenvalue weighted by molar-refractivity contribution is 5.99. The molecule has 1 aliphatic heterocycles. The van der Waals surface area contributed by atoms with Crippen molar-refractivity contribution in [1.82, 2.24) is 9.47 Å². The quantitative estimate of drug-likeness (QED) is 0.472. The van der Waals surface area contributed by atoms with Gasteiger partial charge in [-0.25, -0.2) is 4.79 Å². The van der Waals surface area contributed by atoms with Crippen molar-refractivity contribution in [3.63, 3.8) is 0 Å². The molecule has 3 aromatic rings. The van der Waals surface area contributed by atoms with Crippen molar-refractivity contribution >= 4 is 28.2 Å². The van der Waals surface area contributed by atoms with Crippen LogP contribution in [-0.4, -0.2) is 62.4 Å². The number of carbonyl (C=O) groups is 1. The van der Waals surface area contributed by atoms with E-state index in [1.165, 1.54) is 0 Å². The Bertz CT molecular complexity index is 1240. The predicted molar refractivity (Wildman–Crippen MR) is 131 cm³/mol. The number of aryl methyl sites for hydroxylation is 1. The third-order valence-electron chi connectivity index (χ3n) is 6.19. The summed E-state index contributed by atoms with van der Waals surface area (Å²) in [5.74, 6) is 0.0693. The molecule has 1 saturated heterocycles. The first-order chi connectivity index (χ1) is 15.8. The van der Waals surface area contributed by atoms with E-state index in [4.69, 9.17) is 15.2 Å². The second-order valence-electron chi connectivity index (χ2n) is 8.29. The minimum atomic E-state index is -0.647. The molecule has 0 atom stereocenters. The van der Waals surface area contributed by atoms with Crippen LogP contribution in [0.3, 0.4) is 0 Å². The number of aromatic nitrogens is 1. The first-order valence-electron chi connectivity index (χ1n) is 11.1. The number of methoxy groups -OCH3 is 1. The molecule has 8 nitrogen and oxygen atoms in total. The number of nitrogens with two attached hydrogens (primary N) is 1. The fraction of sp³-hybridized carbons (Fsp3) is 0.360. The summed E-state index contributed by atoms with van der Waals surface area (Å²) >= 11 is 0. The number of hydrogen-bond donors (Lipinski definition) is 1. The predicted octanol–water partition coefficient (Wildman–Crippen LogP) is 2.82. The summed E-state index contributed by atoms with van der Waals surface area (Å²) in [6.45, 7) is 7.44. The fourth-order valence-electron chi connectivity index (χ4n) is 4.45. The van der Waals surface area contributed by atoms with Crippen LogP contribution in [0.1, 0.15) is 22.8 Å². The molecule has 2 heterocycles. The van der Waals surface area contributed by atoms with Gasteiger partial charge in [0.15, 0.2) is 0 Å². The van der Waals surface area contributed by atoms with Gasteiger partial charge in [-0.15, -0.1) is 0 Å². The van der Waals surface area contributed by atoms with Crippen molar-refractivity contribution in [2.24, 2.45) is 0 Å². The molecule has 0 saturated carbocycles. The van der Waals surface area contributed by atoms with Crippen LogP contribution in [0, 0.1) is 6.92 Å². The van der Waals surface area contributed by atoms with Crippen LogP contribution in [0.15, 0.2) is 41.3 Å². The second kappa shape index (κ2) is 9.15. The van der Waals surface area contributed by atoms with Gasteiger partial charge in [-0.1, -0.05) is 0 Å². The number of piperazine rings is 1. The maximum absolute atomic E-state index is 13.4. The van der Waals surface area contributed by atoms with E-state index in [0.717, 1.165) is 48.6 Å². The molecule has 1 aliphatic rings. The van der Waals surface area contributed by atoms with Gasteiger partial charge in [-0.2, -0.15) is 0 Å². The van der Waals surface area contributed by atoms with Crippen LogP contribution in [0.25, 0.3) is 16.6 Å². The minimum Gasteiger partial charge on any atom is -0.497 e. The second-order valence-corrected chi connectivity index (χ2v) is 8.29. The van der Waals surface area contributed by atoms with Crippen molar-refractivity contribution in [1.29, 1.82) is 0 Å². The van der Waals surface area contributed by atoms with E-state index in [-0.39, 0.29) is 17.6 Å². The van der Waals surface area contributed by atoms with Crippen molar-refractivity contribution < 1.29 is 14.3 Å². The monoisotopic (exact) mass is 450 g/mol. The van der Waals surface area contributed by atoms with Crippen LogP contribution in [0.4, 0.5) is 11.4 Å². The molecule has 0 spiro atoms. The van der Waals surface area contributed by atoms with Crippen LogP contribution >= 0.6 is 0 Å². The lowest BCUT2D eigenvalue weighted by atomic mass is 10.0. The van der Waals surface area contributed by atoms with Gasteiger partial charge in [0.1, 0.15) is 11.3 Å². The molecule has 4 rings (SSSR count). The largest absolute Gasteiger partial charge is 0.497 e. The van der Waals surface area contributed by atoms with E-state index in [1.807, 2.05) is 35.8 Å². The lowest BCUT2D eigenvalue weighted by molar-refractivity contribution is 0.0524. The first-order valence-corrected chi connectivity index (χ1v) is 11.1. The molecule has 0 amide bonds. The number of nitrogens with zero attached hydrogens (tertiary/aromatic N) is 3. The molecule has 0 bridgehead atoms. The fourth-order valence-corrected chi connectivity index (χ4v) is 4.45. The number of esters is 1. The molecular formula is C25H30N4O4. The third-order valence-corrected chi connectivity index (χ3v) is 6.19. The Morgan fingerprint density at radius 3 is 2.39 bits per heavy atom. The lowest BCUT2D eigenvalue weighted by Crippen LogP contribution is -2.45. The number of likely N-dealkylation sites (N-methyl/N-ethyl adjacent to an activating group) is 1. The van der Waals surface area contributed by atoms with E-state index in [2.05, 4.69) is 16.8 Å². The van der Waals surface area contributed by atoms with Gasteiger partial charge in [-0.3, -0.25) is 4.79 Å². The molecule has 174 valence electrons. The van der Waals surface area contributed by atoms with E-state index >= 15 is 0 Å². The summed E-state index contributed by atoms with van der Waals surface area (Å²) in [5.41, 5.74) is 9.98. The third kappa shape index (κ3) is 4.14. The zero-order chi connectivity index (χ0) is 23.7. The number of fused-ring (bicyclic) bond motifs is 1. The van der Waals surface area contributed by atoms with Gasteiger partial charge in [-0.05, 0) is 56.8 Å². The summed E-state index contributed by atoms with van der Waals surface area (Å²) in [6, 6.07) is 9.17. The Morgan fingerprint density at radius 2 is 1.79 bits per heavy atom. The number of carbonyl (C=O) groups excluding carboxylic acids is 1. The molecule has 2 aromatic carbocycles. The highest BCUT2D eigenvalue weighted by Crippen LogP contribution is 2.35. The normalized spacial score (nSPS) is 14.5. The SMILES string of the molecule is CCOC(=O)c1cn(-c2ccc(OC)cc2)c2c(C)c(N3CCN(C)CC3)c(N)cc2c1=O. The van der Waals surface area contributed by atoms with Gasteiger partial charge in [0.25, 0.3) is 0 Å². The number of pyridine rings is 1. The molecule has 33 heavy (non-hydrogen) atoms. The van der Waals surface area contributed by atoms with Crippen LogP contribution in [-0.2, 0) is 4.74 Å². The summed E-state index contributed by atoms with van der Waals surface area (Å²) in [5, 5.41) is 0.393. The van der Waals surface area contributed by atoms with Crippen LogP contribution in [0.2, 0.25) is 0 Å². The summed E-state index contributed by atoms with van der Waals surface area (Å²) in [4.78, 5) is 30.5. The summed E-state index contributed by atoms with van der Waals surface area (Å²) in [6.07, 6.45) is 1.57. The molecule has 0 unspecified atom stereocenters. The molecule has 8 heteroatoms. The van der Waals surface area contributed by atoms with Gasteiger partial charge in [0.05, 0.1) is 30.6 Å². The lowest BCUT2D eigenvalue weighted by Gasteiger charge is -2.36. The van der Waals surface area contributed by atoms with Gasteiger partial charge in [0.2, 0.25) is 5.43 Å². The van der Waals surface area contributed by atoms with E-state index in [1.54, 1.807) is 26.3 Å². The van der Waals surface area contributed by atoms with Crippen molar-refractivity contribution in [3.8, 4) is 11.4 Å². The van der Waals surface area contributed by atoms with Crippen molar-refractivity contribution in [3.05, 3.63) is 57.9 Å². The van der Waals surface area contributed by atoms with Crippen molar-refractivity contribution in [2.45, 2.75) is 13.8 Å². The smallest absolute Gasteiger partial charge is 0.343 e. The zero-order valence-electron chi connectivity index (χ0n) is 19.6. The number of benzene rings is 2. The highest BCUT2D eigenvalue weighted by Gasteiger charge is 2.24. The van der Waals surface area contributed by atoms with Crippen molar-refractivity contribution in [2.75, 3.05) is 57.6 Å². The Balaban J connectivity index is 2.00. The molecular weight excluding hydrogens is 420 g/mol. The van der Waals surface area contributed by atoms with E-state index in [9.17, 15) is 9.59 Å².